The second kappa shape index (κ2) is 5.72. The lowest BCUT2D eigenvalue weighted by molar-refractivity contribution is 1.17. The molecule has 1 heterocycles. The highest BCUT2D eigenvalue weighted by Gasteiger charge is 2.06. The lowest BCUT2D eigenvalue weighted by atomic mass is 10.0. The van der Waals surface area contributed by atoms with Crippen molar-refractivity contribution in [1.82, 2.24) is 9.97 Å². The summed E-state index contributed by atoms with van der Waals surface area (Å²) in [5, 5.41) is 0. The van der Waals surface area contributed by atoms with E-state index in [-0.39, 0.29) is 0 Å². The van der Waals surface area contributed by atoms with E-state index < -0.39 is 0 Å². The third-order valence-electron chi connectivity index (χ3n) is 3.70. The summed E-state index contributed by atoms with van der Waals surface area (Å²) in [4.78, 5) is 8.90. The summed E-state index contributed by atoms with van der Waals surface area (Å²) >= 11 is 0. The van der Waals surface area contributed by atoms with Gasteiger partial charge in [0, 0.05) is 11.1 Å². The standard InChI is InChI=1S/C20H20N2/c1-13-5-14(2)8-17(7-13)19-11-20(22-12-21-19)18-9-15(3)6-16(4)10-18/h5-12H,1-4H3. The highest BCUT2D eigenvalue weighted by molar-refractivity contribution is 5.69. The molecule has 0 aliphatic carbocycles. The molecule has 0 amide bonds. The molecule has 2 heteroatoms. The predicted molar refractivity (Wildman–Crippen MR) is 91.9 cm³/mol. The maximum atomic E-state index is 4.45. The van der Waals surface area contributed by atoms with Gasteiger partial charge in [0.1, 0.15) is 6.33 Å². The van der Waals surface area contributed by atoms with Crippen LogP contribution >= 0.6 is 0 Å². The first-order chi connectivity index (χ1) is 10.5. The van der Waals surface area contributed by atoms with E-state index in [4.69, 9.17) is 0 Å². The zero-order valence-corrected chi connectivity index (χ0v) is 13.5. The van der Waals surface area contributed by atoms with Gasteiger partial charge in [-0.2, -0.15) is 0 Å². The second-order valence-electron chi connectivity index (χ2n) is 6.04. The van der Waals surface area contributed by atoms with Crippen molar-refractivity contribution in [3.63, 3.8) is 0 Å². The Morgan fingerprint density at radius 3 is 1.23 bits per heavy atom. The Morgan fingerprint density at radius 1 is 0.500 bits per heavy atom. The van der Waals surface area contributed by atoms with Gasteiger partial charge >= 0.3 is 0 Å². The average molecular weight is 288 g/mol. The van der Waals surface area contributed by atoms with Gasteiger partial charge in [0.25, 0.3) is 0 Å². The normalized spacial score (nSPS) is 10.7. The van der Waals surface area contributed by atoms with Crippen molar-refractivity contribution in [2.75, 3.05) is 0 Å². The maximum absolute atomic E-state index is 4.45. The van der Waals surface area contributed by atoms with E-state index in [1.165, 1.54) is 22.3 Å². The molecule has 22 heavy (non-hydrogen) atoms. The zero-order valence-electron chi connectivity index (χ0n) is 13.5. The van der Waals surface area contributed by atoms with Crippen LogP contribution in [0.5, 0.6) is 0 Å². The van der Waals surface area contributed by atoms with Crippen molar-refractivity contribution in [2.45, 2.75) is 27.7 Å². The maximum Gasteiger partial charge on any atom is 0.116 e. The number of rotatable bonds is 2. The van der Waals surface area contributed by atoms with Gasteiger partial charge in [0.2, 0.25) is 0 Å². The molecule has 0 saturated heterocycles. The molecule has 3 rings (SSSR count). The first-order valence-corrected chi connectivity index (χ1v) is 7.51. The molecule has 0 N–H and O–H groups in total. The molecule has 0 aliphatic rings. The van der Waals surface area contributed by atoms with Crippen LogP contribution in [0, 0.1) is 27.7 Å². The van der Waals surface area contributed by atoms with Crippen LogP contribution in [0.25, 0.3) is 22.5 Å². The van der Waals surface area contributed by atoms with Crippen molar-refractivity contribution >= 4 is 0 Å². The Kier molecular flexibility index (Phi) is 3.76. The van der Waals surface area contributed by atoms with E-state index in [1.54, 1.807) is 6.33 Å². The van der Waals surface area contributed by atoms with Crippen LogP contribution in [0.2, 0.25) is 0 Å². The molecule has 3 aromatic rings. The largest absolute Gasteiger partial charge is 0.236 e. The van der Waals surface area contributed by atoms with Crippen molar-refractivity contribution in [3.05, 3.63) is 71.0 Å². The molecular formula is C20H20N2. The minimum Gasteiger partial charge on any atom is -0.236 e. The molecule has 0 radical (unpaired) electrons. The molecule has 0 atom stereocenters. The summed E-state index contributed by atoms with van der Waals surface area (Å²) in [5.41, 5.74) is 9.23. The Balaban J connectivity index is 2.09. The van der Waals surface area contributed by atoms with E-state index in [2.05, 4.69) is 80.1 Å². The minimum atomic E-state index is 0.968. The first-order valence-electron chi connectivity index (χ1n) is 7.51. The third kappa shape index (κ3) is 3.06. The Hall–Kier alpha value is -2.48. The summed E-state index contributed by atoms with van der Waals surface area (Å²) in [6, 6.07) is 15.1. The fraction of sp³-hybridized carbons (Fsp3) is 0.200. The van der Waals surface area contributed by atoms with Gasteiger partial charge < -0.3 is 0 Å². The summed E-state index contributed by atoms with van der Waals surface area (Å²) in [5.74, 6) is 0. The van der Waals surface area contributed by atoms with Crippen molar-refractivity contribution in [3.8, 4) is 22.5 Å². The summed E-state index contributed by atoms with van der Waals surface area (Å²) < 4.78 is 0. The zero-order chi connectivity index (χ0) is 15.7. The predicted octanol–water partition coefficient (Wildman–Crippen LogP) is 5.04. The average Bonchev–Trinajstić information content (AvgIpc) is 2.45. The highest BCUT2D eigenvalue weighted by atomic mass is 14.8. The van der Waals surface area contributed by atoms with E-state index in [9.17, 15) is 0 Å². The van der Waals surface area contributed by atoms with Crippen LogP contribution in [0.1, 0.15) is 22.3 Å². The summed E-state index contributed by atoms with van der Waals surface area (Å²) in [6.45, 7) is 8.45. The number of hydrogen-bond acceptors (Lipinski definition) is 2. The van der Waals surface area contributed by atoms with Crippen LogP contribution < -0.4 is 0 Å². The lowest BCUT2D eigenvalue weighted by Gasteiger charge is -2.08. The van der Waals surface area contributed by atoms with Gasteiger partial charge in [-0.1, -0.05) is 34.4 Å². The molecule has 0 unspecified atom stereocenters. The Labute approximate surface area is 131 Å². The fourth-order valence-electron chi connectivity index (χ4n) is 2.92. The quantitative estimate of drug-likeness (QED) is 0.660. The molecule has 1 aromatic heterocycles. The molecule has 0 aliphatic heterocycles. The van der Waals surface area contributed by atoms with Gasteiger partial charge in [0.15, 0.2) is 0 Å². The Bertz CT molecular complexity index is 728. The SMILES string of the molecule is Cc1cc(C)cc(-c2cc(-c3cc(C)cc(C)c3)ncn2)c1. The van der Waals surface area contributed by atoms with Crippen LogP contribution in [-0.4, -0.2) is 9.97 Å². The van der Waals surface area contributed by atoms with Gasteiger partial charge in [-0.25, -0.2) is 9.97 Å². The molecule has 0 fully saturated rings. The van der Waals surface area contributed by atoms with Crippen molar-refractivity contribution < 1.29 is 0 Å². The van der Waals surface area contributed by atoms with Crippen LogP contribution in [0.3, 0.4) is 0 Å². The molecule has 0 bridgehead atoms. The first kappa shape index (κ1) is 14.5. The molecule has 0 spiro atoms. The van der Waals surface area contributed by atoms with Crippen molar-refractivity contribution in [1.29, 1.82) is 0 Å². The van der Waals surface area contributed by atoms with E-state index in [0.717, 1.165) is 22.5 Å². The molecule has 2 aromatic carbocycles. The molecule has 2 nitrogen and oxygen atoms in total. The number of hydrogen-bond donors (Lipinski definition) is 0. The van der Waals surface area contributed by atoms with Crippen LogP contribution in [-0.2, 0) is 0 Å². The highest BCUT2D eigenvalue weighted by Crippen LogP contribution is 2.25. The number of benzene rings is 2. The minimum absolute atomic E-state index is 0.968. The number of aryl methyl sites for hydroxylation is 4. The summed E-state index contributed by atoms with van der Waals surface area (Å²) in [7, 11) is 0. The molecule has 110 valence electrons. The van der Waals surface area contributed by atoms with Crippen molar-refractivity contribution in [2.24, 2.45) is 0 Å². The van der Waals surface area contributed by atoms with E-state index in [0.29, 0.717) is 0 Å². The smallest absolute Gasteiger partial charge is 0.116 e. The number of aromatic nitrogens is 2. The fourth-order valence-corrected chi connectivity index (χ4v) is 2.92. The molecule has 0 saturated carbocycles. The number of nitrogens with zero attached hydrogens (tertiary/aromatic N) is 2. The monoisotopic (exact) mass is 288 g/mol. The molecular weight excluding hydrogens is 268 g/mol. The van der Waals surface area contributed by atoms with Gasteiger partial charge in [-0.3, -0.25) is 0 Å². The Morgan fingerprint density at radius 2 is 0.864 bits per heavy atom. The van der Waals surface area contributed by atoms with E-state index in [1.807, 2.05) is 0 Å². The van der Waals surface area contributed by atoms with E-state index >= 15 is 0 Å². The lowest BCUT2D eigenvalue weighted by Crippen LogP contribution is -1.91. The topological polar surface area (TPSA) is 25.8 Å². The second-order valence-corrected chi connectivity index (χ2v) is 6.04. The van der Waals surface area contributed by atoms with Crippen LogP contribution in [0.4, 0.5) is 0 Å². The third-order valence-corrected chi connectivity index (χ3v) is 3.70. The van der Waals surface area contributed by atoms with Gasteiger partial charge in [-0.05, 0) is 58.0 Å². The van der Waals surface area contributed by atoms with Crippen LogP contribution in [0.15, 0.2) is 48.8 Å². The van der Waals surface area contributed by atoms with Gasteiger partial charge in [-0.15, -0.1) is 0 Å². The summed E-state index contributed by atoms with van der Waals surface area (Å²) in [6.07, 6.45) is 1.65. The van der Waals surface area contributed by atoms with Gasteiger partial charge in [0.05, 0.1) is 11.4 Å².